The molecular formula is C16H29N3. The lowest BCUT2D eigenvalue weighted by Crippen LogP contribution is -2.25. The van der Waals surface area contributed by atoms with Crippen molar-refractivity contribution in [2.45, 2.75) is 52.6 Å². The Kier molecular flexibility index (Phi) is 7.03. The van der Waals surface area contributed by atoms with E-state index >= 15 is 0 Å². The Bertz CT molecular complexity index is 363. The topological polar surface area (TPSA) is 42.1 Å². The highest BCUT2D eigenvalue weighted by Gasteiger charge is 2.08. The lowest BCUT2D eigenvalue weighted by atomic mass is 10.0. The molecule has 2 N–H and O–H groups in total. The van der Waals surface area contributed by atoms with Gasteiger partial charge >= 0.3 is 0 Å². The van der Waals surface area contributed by atoms with Gasteiger partial charge in [-0.15, -0.1) is 0 Å². The van der Waals surface area contributed by atoms with E-state index in [1.165, 1.54) is 12.8 Å². The van der Waals surface area contributed by atoms with Crippen LogP contribution < -0.4 is 5.73 Å². The van der Waals surface area contributed by atoms with Crippen LogP contribution in [0.3, 0.4) is 0 Å². The first-order chi connectivity index (χ1) is 8.97. The monoisotopic (exact) mass is 263 g/mol. The fraction of sp³-hybridized carbons (Fsp3) is 0.688. The zero-order chi connectivity index (χ0) is 14.3. The van der Waals surface area contributed by atoms with Crippen molar-refractivity contribution in [3.05, 3.63) is 29.6 Å². The van der Waals surface area contributed by atoms with Gasteiger partial charge in [0.25, 0.3) is 0 Å². The molecule has 0 amide bonds. The summed E-state index contributed by atoms with van der Waals surface area (Å²) in [7, 11) is 2.17. The van der Waals surface area contributed by atoms with Gasteiger partial charge in [0.2, 0.25) is 0 Å². The summed E-state index contributed by atoms with van der Waals surface area (Å²) in [6.45, 7) is 8.50. The predicted molar refractivity (Wildman–Crippen MR) is 82.0 cm³/mol. The quantitative estimate of drug-likeness (QED) is 0.784. The van der Waals surface area contributed by atoms with E-state index in [1.54, 1.807) is 0 Å². The van der Waals surface area contributed by atoms with Crippen LogP contribution in [0, 0.1) is 12.8 Å². The van der Waals surface area contributed by atoms with Crippen LogP contribution in [0.2, 0.25) is 0 Å². The van der Waals surface area contributed by atoms with Crippen LogP contribution in [-0.2, 0) is 6.54 Å². The number of aryl methyl sites for hydroxylation is 1. The number of pyridine rings is 1. The van der Waals surface area contributed by atoms with E-state index in [1.807, 2.05) is 13.0 Å². The van der Waals surface area contributed by atoms with Crippen LogP contribution >= 0.6 is 0 Å². The molecule has 0 spiro atoms. The summed E-state index contributed by atoms with van der Waals surface area (Å²) in [5.74, 6) is 0.716. The van der Waals surface area contributed by atoms with Crippen molar-refractivity contribution in [2.75, 3.05) is 13.6 Å². The lowest BCUT2D eigenvalue weighted by Gasteiger charge is -2.21. The molecule has 0 radical (unpaired) electrons. The Morgan fingerprint density at radius 3 is 2.63 bits per heavy atom. The maximum Gasteiger partial charge on any atom is 0.0547 e. The molecule has 0 aliphatic carbocycles. The standard InChI is InChI=1S/C16H29N3/c1-13(7-5-8-14(2)17)11-19(4)12-16-10-6-9-15(3)18-16/h6,9-10,13-14H,5,7-8,11-12,17H2,1-4H3. The number of nitrogens with two attached hydrogens (primary N) is 1. The number of hydrogen-bond acceptors (Lipinski definition) is 3. The summed E-state index contributed by atoms with van der Waals surface area (Å²) in [5.41, 5.74) is 8.03. The molecule has 2 atom stereocenters. The lowest BCUT2D eigenvalue weighted by molar-refractivity contribution is 0.264. The van der Waals surface area contributed by atoms with E-state index in [0.29, 0.717) is 12.0 Å². The van der Waals surface area contributed by atoms with E-state index in [4.69, 9.17) is 5.73 Å². The summed E-state index contributed by atoms with van der Waals surface area (Å²) in [4.78, 5) is 6.91. The van der Waals surface area contributed by atoms with E-state index < -0.39 is 0 Å². The zero-order valence-corrected chi connectivity index (χ0v) is 12.9. The highest BCUT2D eigenvalue weighted by Crippen LogP contribution is 2.11. The van der Waals surface area contributed by atoms with Crippen molar-refractivity contribution < 1.29 is 0 Å². The van der Waals surface area contributed by atoms with E-state index in [9.17, 15) is 0 Å². The number of rotatable bonds is 8. The van der Waals surface area contributed by atoms with E-state index in [0.717, 1.165) is 30.9 Å². The number of aromatic nitrogens is 1. The van der Waals surface area contributed by atoms with Crippen molar-refractivity contribution in [3.63, 3.8) is 0 Å². The minimum Gasteiger partial charge on any atom is -0.328 e. The summed E-state index contributed by atoms with van der Waals surface area (Å²) in [6, 6.07) is 6.56. The smallest absolute Gasteiger partial charge is 0.0547 e. The number of nitrogens with zero attached hydrogens (tertiary/aromatic N) is 2. The average molecular weight is 263 g/mol. The third kappa shape index (κ3) is 7.28. The maximum absolute atomic E-state index is 5.78. The summed E-state index contributed by atoms with van der Waals surface area (Å²) < 4.78 is 0. The van der Waals surface area contributed by atoms with Crippen LogP contribution in [0.1, 0.15) is 44.5 Å². The second kappa shape index (κ2) is 8.28. The summed E-state index contributed by atoms with van der Waals surface area (Å²) in [5, 5.41) is 0. The fourth-order valence-electron chi connectivity index (χ4n) is 2.44. The van der Waals surface area contributed by atoms with Gasteiger partial charge in [-0.1, -0.05) is 19.4 Å². The Morgan fingerprint density at radius 2 is 2.00 bits per heavy atom. The Balaban J connectivity index is 2.28. The Hall–Kier alpha value is -0.930. The normalized spacial score (nSPS) is 14.6. The van der Waals surface area contributed by atoms with Crippen molar-refractivity contribution in [2.24, 2.45) is 11.7 Å². The fourth-order valence-corrected chi connectivity index (χ4v) is 2.44. The van der Waals surface area contributed by atoms with Crippen LogP contribution in [-0.4, -0.2) is 29.5 Å². The molecule has 3 heteroatoms. The van der Waals surface area contributed by atoms with Gasteiger partial charge in [0.05, 0.1) is 5.69 Å². The summed E-state index contributed by atoms with van der Waals surface area (Å²) in [6.07, 6.45) is 3.62. The highest BCUT2D eigenvalue weighted by atomic mass is 15.1. The van der Waals surface area contributed by atoms with Crippen molar-refractivity contribution in [1.82, 2.24) is 9.88 Å². The minimum atomic E-state index is 0.335. The largest absolute Gasteiger partial charge is 0.328 e. The first kappa shape index (κ1) is 16.1. The van der Waals surface area contributed by atoms with Gasteiger partial charge in [0, 0.05) is 24.8 Å². The van der Waals surface area contributed by atoms with Crippen LogP contribution in [0.4, 0.5) is 0 Å². The SMILES string of the molecule is Cc1cccc(CN(C)CC(C)CCCC(C)N)n1. The van der Waals surface area contributed by atoms with Gasteiger partial charge in [0.15, 0.2) is 0 Å². The molecule has 2 unspecified atom stereocenters. The second-order valence-electron chi connectivity index (χ2n) is 5.98. The molecule has 0 saturated carbocycles. The van der Waals surface area contributed by atoms with Crippen molar-refractivity contribution in [1.29, 1.82) is 0 Å². The molecule has 19 heavy (non-hydrogen) atoms. The first-order valence-corrected chi connectivity index (χ1v) is 7.34. The molecule has 1 rings (SSSR count). The summed E-state index contributed by atoms with van der Waals surface area (Å²) >= 11 is 0. The van der Waals surface area contributed by atoms with Gasteiger partial charge in [0.1, 0.15) is 0 Å². The molecule has 3 nitrogen and oxygen atoms in total. The molecular weight excluding hydrogens is 234 g/mol. The molecule has 1 aromatic heterocycles. The Labute approximate surface area is 118 Å². The van der Waals surface area contributed by atoms with Crippen LogP contribution in [0.5, 0.6) is 0 Å². The third-order valence-corrected chi connectivity index (χ3v) is 3.36. The van der Waals surface area contributed by atoms with Gasteiger partial charge in [-0.3, -0.25) is 4.98 Å². The van der Waals surface area contributed by atoms with Crippen molar-refractivity contribution >= 4 is 0 Å². The molecule has 0 bridgehead atoms. The second-order valence-corrected chi connectivity index (χ2v) is 5.98. The minimum absolute atomic E-state index is 0.335. The molecule has 0 aliphatic heterocycles. The third-order valence-electron chi connectivity index (χ3n) is 3.36. The van der Waals surface area contributed by atoms with E-state index in [2.05, 4.69) is 42.9 Å². The average Bonchev–Trinajstić information content (AvgIpc) is 2.27. The zero-order valence-electron chi connectivity index (χ0n) is 12.9. The van der Waals surface area contributed by atoms with Gasteiger partial charge in [-0.25, -0.2) is 0 Å². The molecule has 0 aromatic carbocycles. The first-order valence-electron chi connectivity index (χ1n) is 7.34. The molecule has 0 saturated heterocycles. The number of hydrogen-bond donors (Lipinski definition) is 1. The van der Waals surface area contributed by atoms with Crippen LogP contribution in [0.25, 0.3) is 0 Å². The van der Waals surface area contributed by atoms with Gasteiger partial charge in [-0.05, 0) is 51.8 Å². The molecule has 0 aliphatic rings. The molecule has 108 valence electrons. The molecule has 1 heterocycles. The van der Waals surface area contributed by atoms with Gasteiger partial charge in [-0.2, -0.15) is 0 Å². The maximum atomic E-state index is 5.78. The van der Waals surface area contributed by atoms with Crippen molar-refractivity contribution in [3.8, 4) is 0 Å². The molecule has 1 aromatic rings. The van der Waals surface area contributed by atoms with Crippen LogP contribution in [0.15, 0.2) is 18.2 Å². The predicted octanol–water partition coefficient (Wildman–Crippen LogP) is 2.98. The Morgan fingerprint density at radius 1 is 1.26 bits per heavy atom. The van der Waals surface area contributed by atoms with E-state index in [-0.39, 0.29) is 0 Å². The highest BCUT2D eigenvalue weighted by molar-refractivity contribution is 5.09. The molecule has 0 fully saturated rings. The van der Waals surface area contributed by atoms with Gasteiger partial charge < -0.3 is 10.6 Å².